The van der Waals surface area contributed by atoms with Crippen LogP contribution in [0.25, 0.3) is 0 Å². The molecule has 0 radical (unpaired) electrons. The molecule has 1 heterocycles. The van der Waals surface area contributed by atoms with Gasteiger partial charge in [0.1, 0.15) is 0 Å². The van der Waals surface area contributed by atoms with E-state index in [4.69, 9.17) is 0 Å². The number of nitrogens with one attached hydrogen (secondary N) is 2. The highest BCUT2D eigenvalue weighted by atomic mass is 15.2. The van der Waals surface area contributed by atoms with Crippen LogP contribution in [0, 0.1) is 11.8 Å². The minimum atomic E-state index is 0.587. The van der Waals surface area contributed by atoms with Crippen molar-refractivity contribution in [2.24, 2.45) is 11.8 Å². The van der Waals surface area contributed by atoms with Crippen molar-refractivity contribution in [3.63, 3.8) is 0 Å². The van der Waals surface area contributed by atoms with Gasteiger partial charge in [0.25, 0.3) is 0 Å². The van der Waals surface area contributed by atoms with Crippen molar-refractivity contribution in [3.8, 4) is 0 Å². The van der Waals surface area contributed by atoms with Gasteiger partial charge < -0.3 is 10.6 Å². The SMILES string of the molecule is CCC(C)CNC1NCC1C. The van der Waals surface area contributed by atoms with E-state index in [1.807, 2.05) is 0 Å². The Morgan fingerprint density at radius 1 is 1.64 bits per heavy atom. The van der Waals surface area contributed by atoms with Crippen LogP contribution in [-0.2, 0) is 0 Å². The van der Waals surface area contributed by atoms with E-state index in [1.54, 1.807) is 0 Å². The third-order valence-corrected chi connectivity index (χ3v) is 2.61. The molecule has 3 atom stereocenters. The molecule has 1 saturated heterocycles. The first kappa shape index (κ1) is 9.01. The molecule has 11 heavy (non-hydrogen) atoms. The molecular weight excluding hydrogens is 136 g/mol. The second kappa shape index (κ2) is 4.07. The fourth-order valence-electron chi connectivity index (χ4n) is 1.22. The van der Waals surface area contributed by atoms with E-state index in [1.165, 1.54) is 13.0 Å². The first-order chi connectivity index (χ1) is 5.24. The highest BCUT2D eigenvalue weighted by Crippen LogP contribution is 2.09. The van der Waals surface area contributed by atoms with Gasteiger partial charge in [0.15, 0.2) is 0 Å². The monoisotopic (exact) mass is 156 g/mol. The van der Waals surface area contributed by atoms with E-state index in [0.29, 0.717) is 6.17 Å². The van der Waals surface area contributed by atoms with Crippen molar-refractivity contribution >= 4 is 0 Å². The van der Waals surface area contributed by atoms with Crippen LogP contribution in [0.3, 0.4) is 0 Å². The van der Waals surface area contributed by atoms with Gasteiger partial charge in [-0.15, -0.1) is 0 Å². The number of hydrogen-bond acceptors (Lipinski definition) is 2. The zero-order chi connectivity index (χ0) is 8.27. The molecule has 2 N–H and O–H groups in total. The first-order valence-electron chi connectivity index (χ1n) is 4.70. The molecule has 1 rings (SSSR count). The lowest BCUT2D eigenvalue weighted by atomic mass is 10.00. The minimum Gasteiger partial charge on any atom is -0.301 e. The van der Waals surface area contributed by atoms with Crippen LogP contribution >= 0.6 is 0 Å². The molecule has 2 heteroatoms. The maximum Gasteiger partial charge on any atom is 0.0610 e. The summed E-state index contributed by atoms with van der Waals surface area (Å²) in [5.41, 5.74) is 0. The molecule has 0 aromatic rings. The highest BCUT2D eigenvalue weighted by molar-refractivity contribution is 4.82. The summed E-state index contributed by atoms with van der Waals surface area (Å²) < 4.78 is 0. The molecule has 66 valence electrons. The summed E-state index contributed by atoms with van der Waals surface area (Å²) in [5.74, 6) is 1.63. The van der Waals surface area contributed by atoms with E-state index in [2.05, 4.69) is 31.4 Å². The molecule has 0 saturated carbocycles. The van der Waals surface area contributed by atoms with Crippen molar-refractivity contribution < 1.29 is 0 Å². The Morgan fingerprint density at radius 2 is 2.36 bits per heavy atom. The summed E-state index contributed by atoms with van der Waals surface area (Å²) in [6.45, 7) is 9.14. The molecule has 0 bridgehead atoms. The lowest BCUT2D eigenvalue weighted by Crippen LogP contribution is -2.60. The Morgan fingerprint density at radius 3 is 2.73 bits per heavy atom. The second-order valence-electron chi connectivity index (χ2n) is 3.78. The molecule has 0 aromatic carbocycles. The highest BCUT2D eigenvalue weighted by Gasteiger charge is 2.24. The van der Waals surface area contributed by atoms with Gasteiger partial charge in [-0.05, 0) is 18.4 Å². The average molecular weight is 156 g/mol. The Balaban J connectivity index is 2.02. The van der Waals surface area contributed by atoms with Crippen molar-refractivity contribution in [1.29, 1.82) is 0 Å². The Labute approximate surface area is 69.8 Å². The first-order valence-corrected chi connectivity index (χ1v) is 4.70. The van der Waals surface area contributed by atoms with Crippen molar-refractivity contribution in [1.82, 2.24) is 10.6 Å². The molecule has 0 amide bonds. The topological polar surface area (TPSA) is 24.1 Å². The van der Waals surface area contributed by atoms with Gasteiger partial charge in [-0.1, -0.05) is 27.2 Å². The van der Waals surface area contributed by atoms with Crippen LogP contribution < -0.4 is 10.6 Å². The Bertz CT molecular complexity index is 114. The summed E-state index contributed by atoms with van der Waals surface area (Å²) >= 11 is 0. The lowest BCUT2D eigenvalue weighted by molar-refractivity contribution is 0.201. The second-order valence-corrected chi connectivity index (χ2v) is 3.78. The maximum atomic E-state index is 3.51. The standard InChI is InChI=1S/C9H20N2/c1-4-7(2)5-10-9-8(3)6-11-9/h7-11H,4-6H2,1-3H3. The van der Waals surface area contributed by atoms with Gasteiger partial charge in [0, 0.05) is 6.54 Å². The third-order valence-electron chi connectivity index (χ3n) is 2.61. The minimum absolute atomic E-state index is 0.587. The molecule has 1 aliphatic rings. The van der Waals surface area contributed by atoms with E-state index in [9.17, 15) is 0 Å². The molecule has 0 aliphatic carbocycles. The van der Waals surface area contributed by atoms with Crippen molar-refractivity contribution in [2.45, 2.75) is 33.4 Å². The normalized spacial score (nSPS) is 33.0. The van der Waals surface area contributed by atoms with Gasteiger partial charge in [-0.25, -0.2) is 0 Å². The summed E-state index contributed by atoms with van der Waals surface area (Å²) in [4.78, 5) is 0. The van der Waals surface area contributed by atoms with E-state index in [-0.39, 0.29) is 0 Å². The summed E-state index contributed by atoms with van der Waals surface area (Å²) in [6.07, 6.45) is 1.86. The predicted molar refractivity (Wildman–Crippen MR) is 48.4 cm³/mol. The van der Waals surface area contributed by atoms with Crippen LogP contribution in [0.2, 0.25) is 0 Å². The molecular formula is C9H20N2. The number of rotatable bonds is 4. The fraction of sp³-hybridized carbons (Fsp3) is 1.00. The lowest BCUT2D eigenvalue weighted by Gasteiger charge is -2.36. The molecule has 3 unspecified atom stereocenters. The Kier molecular flexibility index (Phi) is 3.34. The van der Waals surface area contributed by atoms with Gasteiger partial charge in [0.2, 0.25) is 0 Å². The number of hydrogen-bond donors (Lipinski definition) is 2. The molecule has 1 aliphatic heterocycles. The summed E-state index contributed by atoms with van der Waals surface area (Å²) in [7, 11) is 0. The maximum absolute atomic E-state index is 3.51. The van der Waals surface area contributed by atoms with E-state index >= 15 is 0 Å². The molecule has 2 nitrogen and oxygen atoms in total. The summed E-state index contributed by atoms with van der Waals surface area (Å²) in [5, 5.41) is 6.87. The van der Waals surface area contributed by atoms with Crippen LogP contribution in [0.1, 0.15) is 27.2 Å². The van der Waals surface area contributed by atoms with Crippen molar-refractivity contribution in [3.05, 3.63) is 0 Å². The molecule has 0 aromatic heterocycles. The molecule has 1 fully saturated rings. The van der Waals surface area contributed by atoms with Crippen LogP contribution in [0.4, 0.5) is 0 Å². The zero-order valence-corrected chi connectivity index (χ0v) is 7.85. The molecule has 0 spiro atoms. The van der Waals surface area contributed by atoms with Crippen LogP contribution in [0.5, 0.6) is 0 Å². The van der Waals surface area contributed by atoms with Gasteiger partial charge in [0.05, 0.1) is 6.17 Å². The predicted octanol–water partition coefficient (Wildman–Crippen LogP) is 1.19. The van der Waals surface area contributed by atoms with Gasteiger partial charge in [-0.3, -0.25) is 0 Å². The van der Waals surface area contributed by atoms with E-state index in [0.717, 1.165) is 18.4 Å². The average Bonchev–Trinajstić information content (AvgIpc) is 2.01. The van der Waals surface area contributed by atoms with Crippen LogP contribution in [-0.4, -0.2) is 19.3 Å². The summed E-state index contributed by atoms with van der Waals surface area (Å²) in [6, 6.07) is 0. The van der Waals surface area contributed by atoms with Crippen LogP contribution in [0.15, 0.2) is 0 Å². The van der Waals surface area contributed by atoms with E-state index < -0.39 is 0 Å². The third kappa shape index (κ3) is 2.46. The van der Waals surface area contributed by atoms with Crippen molar-refractivity contribution in [2.75, 3.05) is 13.1 Å². The quantitative estimate of drug-likeness (QED) is 0.639. The van der Waals surface area contributed by atoms with Gasteiger partial charge >= 0.3 is 0 Å². The largest absolute Gasteiger partial charge is 0.301 e. The zero-order valence-electron chi connectivity index (χ0n) is 7.85. The Hall–Kier alpha value is -0.0800. The fourth-order valence-corrected chi connectivity index (χ4v) is 1.22. The smallest absolute Gasteiger partial charge is 0.0610 e. The van der Waals surface area contributed by atoms with Gasteiger partial charge in [-0.2, -0.15) is 0 Å².